The van der Waals surface area contributed by atoms with E-state index in [9.17, 15) is 0 Å². The minimum Gasteiger partial charge on any atom is -0.0856 e. The Morgan fingerprint density at radius 1 is 0.394 bits per heavy atom. The van der Waals surface area contributed by atoms with Crippen LogP contribution in [0, 0.1) is 0 Å². The lowest BCUT2D eigenvalue weighted by Gasteiger charge is -2.74. The number of hydrogen-bond donors (Lipinski definition) is 0. The van der Waals surface area contributed by atoms with Gasteiger partial charge in [-0.05, 0) is 43.1 Å². The van der Waals surface area contributed by atoms with Crippen molar-refractivity contribution in [2.24, 2.45) is 0 Å². The molecule has 0 aromatic carbocycles. The first-order valence-electron chi connectivity index (χ1n) is 13.9. The standard InChI is InChI=1S/C30H64Si3/c1-21-23-24(22-2)31(23,32(25(3,4)5,26(6,7)8)27(9,10)11)33(28(12,13)14,29(15,16)17)30(18,19)20/h21-22H2,1-20H3. The molecule has 196 valence electrons. The van der Waals surface area contributed by atoms with Gasteiger partial charge in [0, 0.05) is 0 Å². The Bertz CT molecular complexity index is 618. The molecule has 0 saturated heterocycles. The van der Waals surface area contributed by atoms with E-state index in [1.54, 1.807) is 0 Å². The zero-order chi connectivity index (χ0) is 27.1. The van der Waals surface area contributed by atoms with Crippen molar-refractivity contribution in [1.29, 1.82) is 0 Å². The van der Waals surface area contributed by atoms with Crippen molar-refractivity contribution in [2.45, 2.75) is 182 Å². The van der Waals surface area contributed by atoms with E-state index in [4.69, 9.17) is 0 Å². The molecule has 0 N–H and O–H groups in total. The third-order valence-corrected chi connectivity index (χ3v) is 59.0. The van der Waals surface area contributed by atoms with E-state index in [1.165, 1.54) is 12.8 Å². The van der Waals surface area contributed by atoms with Crippen LogP contribution in [0.25, 0.3) is 0 Å². The molecule has 1 aliphatic heterocycles. The van der Waals surface area contributed by atoms with Gasteiger partial charge in [0.1, 0.15) is 0 Å². The largest absolute Gasteiger partial charge is 0.0969 e. The van der Waals surface area contributed by atoms with Crippen molar-refractivity contribution in [3.63, 3.8) is 0 Å². The van der Waals surface area contributed by atoms with Crippen molar-refractivity contribution in [3.8, 4) is 0 Å². The average Bonchev–Trinajstić information content (AvgIpc) is 3.05. The minimum atomic E-state index is -2.02. The quantitative estimate of drug-likeness (QED) is 0.331. The van der Waals surface area contributed by atoms with Crippen molar-refractivity contribution in [2.75, 3.05) is 0 Å². The van der Waals surface area contributed by atoms with Gasteiger partial charge in [0.2, 0.25) is 0 Å². The molecule has 0 saturated carbocycles. The van der Waals surface area contributed by atoms with Crippen LogP contribution in [0.1, 0.15) is 151 Å². The normalized spacial score (nSPS) is 19.3. The van der Waals surface area contributed by atoms with Crippen molar-refractivity contribution in [1.82, 2.24) is 0 Å². The monoisotopic (exact) mass is 508 g/mol. The Balaban J connectivity index is 4.78. The van der Waals surface area contributed by atoms with Gasteiger partial charge in [-0.1, -0.05) is 149 Å². The van der Waals surface area contributed by atoms with E-state index in [2.05, 4.69) is 138 Å². The summed E-state index contributed by atoms with van der Waals surface area (Å²) in [6.45, 7) is 53.2. The fourth-order valence-corrected chi connectivity index (χ4v) is 94.8. The van der Waals surface area contributed by atoms with Gasteiger partial charge < -0.3 is 0 Å². The van der Waals surface area contributed by atoms with Gasteiger partial charge >= 0.3 is 0 Å². The third-order valence-electron chi connectivity index (χ3n) is 9.79. The summed E-state index contributed by atoms with van der Waals surface area (Å²) in [5.41, 5.74) is 0. The molecule has 0 atom stereocenters. The molecule has 0 radical (unpaired) electrons. The summed E-state index contributed by atoms with van der Waals surface area (Å²) in [5.74, 6) is 0. The predicted octanol–water partition coefficient (Wildman–Crippen LogP) is 11.5. The zero-order valence-corrected chi connectivity index (χ0v) is 29.9. The van der Waals surface area contributed by atoms with Crippen LogP contribution >= 0.6 is 0 Å². The summed E-state index contributed by atoms with van der Waals surface area (Å²) >= 11 is 0. The van der Waals surface area contributed by atoms with Gasteiger partial charge in [-0.25, -0.2) is 0 Å². The molecule has 0 aromatic heterocycles. The highest BCUT2D eigenvalue weighted by Crippen LogP contribution is 2.81. The summed E-state index contributed by atoms with van der Waals surface area (Å²) in [4.78, 5) is 0. The lowest BCUT2D eigenvalue weighted by Crippen LogP contribution is -2.87. The summed E-state index contributed by atoms with van der Waals surface area (Å²) in [6.07, 6.45) is 2.59. The molecule has 3 heteroatoms. The topological polar surface area (TPSA) is 0 Å². The second-order valence-corrected chi connectivity index (χ2v) is 42.6. The van der Waals surface area contributed by atoms with Crippen LogP contribution < -0.4 is 0 Å². The molecule has 1 aliphatic rings. The van der Waals surface area contributed by atoms with Crippen LogP contribution in [-0.4, -0.2) is 22.3 Å². The molecule has 0 nitrogen and oxygen atoms in total. The molecule has 0 aliphatic carbocycles. The van der Waals surface area contributed by atoms with E-state index in [1.807, 2.05) is 10.4 Å². The fraction of sp³-hybridized carbons (Fsp3) is 0.933. The first kappa shape index (κ1) is 31.4. The lowest BCUT2D eigenvalue weighted by molar-refractivity contribution is 0.541. The minimum absolute atomic E-state index is 0.340. The molecular formula is C30H64Si3. The van der Waals surface area contributed by atoms with Crippen LogP contribution in [-0.2, 0) is 0 Å². The molecule has 0 fully saturated rings. The van der Waals surface area contributed by atoms with Gasteiger partial charge in [0.15, 0.2) is 0 Å². The molecule has 0 bridgehead atoms. The molecule has 0 spiro atoms. The predicted molar refractivity (Wildman–Crippen MR) is 163 cm³/mol. The van der Waals surface area contributed by atoms with E-state index >= 15 is 0 Å². The Morgan fingerprint density at radius 3 is 0.636 bits per heavy atom. The first-order valence-corrected chi connectivity index (χ1v) is 21.9. The fourth-order valence-electron chi connectivity index (χ4n) is 12.7. The van der Waals surface area contributed by atoms with Gasteiger partial charge in [0.05, 0.1) is 22.3 Å². The summed E-state index contributed by atoms with van der Waals surface area (Å²) in [7, 11) is -6.02. The van der Waals surface area contributed by atoms with E-state index in [-0.39, 0.29) is 0 Å². The third kappa shape index (κ3) is 3.66. The van der Waals surface area contributed by atoms with E-state index < -0.39 is 22.3 Å². The van der Waals surface area contributed by atoms with Crippen LogP contribution in [0.2, 0.25) is 30.2 Å². The highest BCUT2D eigenvalue weighted by Gasteiger charge is 2.88. The Labute approximate surface area is 213 Å². The first-order chi connectivity index (χ1) is 14.1. The van der Waals surface area contributed by atoms with Crippen LogP contribution in [0.3, 0.4) is 0 Å². The second-order valence-electron chi connectivity index (χ2n) is 17.4. The van der Waals surface area contributed by atoms with Crippen LogP contribution in [0.15, 0.2) is 10.4 Å². The maximum Gasteiger partial charge on any atom is 0.0969 e. The molecule has 1 rings (SSSR count). The second kappa shape index (κ2) is 8.20. The number of hydrogen-bond acceptors (Lipinski definition) is 0. The van der Waals surface area contributed by atoms with Crippen molar-refractivity contribution in [3.05, 3.63) is 10.4 Å². The van der Waals surface area contributed by atoms with Gasteiger partial charge in [-0.15, -0.1) is 0 Å². The highest BCUT2D eigenvalue weighted by molar-refractivity contribution is 7.80. The molecule has 1 heterocycles. The Morgan fingerprint density at radius 2 is 0.545 bits per heavy atom. The lowest BCUT2D eigenvalue weighted by atomic mass is 10.2. The van der Waals surface area contributed by atoms with Gasteiger partial charge in [-0.2, -0.15) is 0 Å². The smallest absolute Gasteiger partial charge is 0.0856 e. The zero-order valence-electron chi connectivity index (χ0n) is 26.9. The number of allylic oxidation sites excluding steroid dienone is 2. The van der Waals surface area contributed by atoms with Gasteiger partial charge in [0.25, 0.3) is 0 Å². The molecular weight excluding hydrogens is 445 g/mol. The van der Waals surface area contributed by atoms with Crippen LogP contribution in [0.5, 0.6) is 0 Å². The summed E-state index contributed by atoms with van der Waals surface area (Å²) in [6, 6.07) is 0. The van der Waals surface area contributed by atoms with E-state index in [0.717, 1.165) is 0 Å². The maximum absolute atomic E-state index is 2.68. The Hall–Kier alpha value is 0.391. The average molecular weight is 509 g/mol. The molecule has 0 unspecified atom stereocenters. The van der Waals surface area contributed by atoms with Crippen LogP contribution in [0.4, 0.5) is 0 Å². The number of rotatable bonds is 4. The molecule has 0 aromatic rings. The highest BCUT2D eigenvalue weighted by atomic mass is 29.6. The van der Waals surface area contributed by atoms with Crippen molar-refractivity contribution < 1.29 is 0 Å². The SMILES string of the molecule is CCC1=C(CC)[Si]1([Si](C(C)(C)C)(C(C)(C)C)C(C)(C)C)[Si](C(C)(C)C)(C(C)(C)C)C(C)(C)C. The van der Waals surface area contributed by atoms with Gasteiger partial charge in [-0.3, -0.25) is 0 Å². The molecule has 33 heavy (non-hydrogen) atoms. The maximum atomic E-state index is 2.68. The molecule has 0 amide bonds. The van der Waals surface area contributed by atoms with Crippen molar-refractivity contribution >= 4 is 22.3 Å². The Kier molecular flexibility index (Phi) is 7.81. The van der Waals surface area contributed by atoms with E-state index in [0.29, 0.717) is 30.2 Å². The summed E-state index contributed by atoms with van der Waals surface area (Å²) in [5, 5.41) is 6.13. The summed E-state index contributed by atoms with van der Waals surface area (Å²) < 4.78 is 0.